The van der Waals surface area contributed by atoms with Crippen LogP contribution in [0.3, 0.4) is 0 Å². The van der Waals surface area contributed by atoms with Crippen molar-refractivity contribution in [1.29, 1.82) is 0 Å². The molecule has 1 saturated carbocycles. The maximum absolute atomic E-state index is 6.18. The first-order valence-electron chi connectivity index (χ1n) is 6.34. The van der Waals surface area contributed by atoms with E-state index >= 15 is 0 Å². The van der Waals surface area contributed by atoms with Gasteiger partial charge in [0, 0.05) is 12.2 Å². The molecule has 0 unspecified atom stereocenters. The number of rotatable bonds is 4. The number of nitrogens with zero attached hydrogens (tertiary/aromatic N) is 2. The summed E-state index contributed by atoms with van der Waals surface area (Å²) in [4.78, 5) is 4.52. The lowest BCUT2D eigenvalue weighted by atomic mass is 10.3. The lowest BCUT2D eigenvalue weighted by Crippen LogP contribution is -2.07. The quantitative estimate of drug-likeness (QED) is 0.931. The van der Waals surface area contributed by atoms with E-state index in [-0.39, 0.29) is 0 Å². The summed E-state index contributed by atoms with van der Waals surface area (Å²) >= 11 is 6.18. The summed E-state index contributed by atoms with van der Waals surface area (Å²) in [6.45, 7) is 1.99. The van der Waals surface area contributed by atoms with Gasteiger partial charge >= 0.3 is 0 Å². The average molecular weight is 278 g/mol. The van der Waals surface area contributed by atoms with Crippen molar-refractivity contribution < 1.29 is 4.74 Å². The van der Waals surface area contributed by atoms with Crippen LogP contribution in [0, 0.1) is 6.92 Å². The Kier molecular flexibility index (Phi) is 3.11. The minimum atomic E-state index is 0.564. The molecule has 3 rings (SSSR count). The van der Waals surface area contributed by atoms with Gasteiger partial charge in [-0.15, -0.1) is 0 Å². The van der Waals surface area contributed by atoms with E-state index in [4.69, 9.17) is 16.3 Å². The highest BCUT2D eigenvalue weighted by molar-refractivity contribution is 6.32. The van der Waals surface area contributed by atoms with Crippen LogP contribution in [0.15, 0.2) is 24.4 Å². The average Bonchev–Trinajstić information content (AvgIpc) is 3.12. The monoisotopic (exact) mass is 277 g/mol. The molecule has 2 aromatic rings. The van der Waals surface area contributed by atoms with Gasteiger partial charge < -0.3 is 10.1 Å². The summed E-state index contributed by atoms with van der Waals surface area (Å²) in [6, 6.07) is 6.30. The summed E-state index contributed by atoms with van der Waals surface area (Å²) in [5.74, 6) is 1.56. The molecule has 1 aromatic carbocycles. The van der Waals surface area contributed by atoms with E-state index in [1.54, 1.807) is 7.11 Å². The van der Waals surface area contributed by atoms with Crippen LogP contribution in [0.4, 0.5) is 5.95 Å². The molecule has 0 radical (unpaired) electrons. The van der Waals surface area contributed by atoms with Gasteiger partial charge in [-0.2, -0.15) is 0 Å². The van der Waals surface area contributed by atoms with Crippen molar-refractivity contribution in [2.45, 2.75) is 25.8 Å². The maximum Gasteiger partial charge on any atom is 0.207 e. The zero-order chi connectivity index (χ0) is 13.4. The number of nitrogens with one attached hydrogen (secondary N) is 1. The predicted octanol–water partition coefficient (Wildman–Crippen LogP) is 3.42. The van der Waals surface area contributed by atoms with Gasteiger partial charge in [-0.1, -0.05) is 11.6 Å². The molecule has 1 N–H and O–H groups in total. The lowest BCUT2D eigenvalue weighted by Gasteiger charge is -2.10. The number of anilines is 1. The molecule has 0 spiro atoms. The summed E-state index contributed by atoms with van der Waals surface area (Å²) in [5.41, 5.74) is 1.96. The standard InChI is InChI=1S/C14H16ClN3O/c1-9-8-18(14(16-9)17-10-3-4-10)11-5-6-13(19-2)12(15)7-11/h5-8,10H,3-4H2,1-2H3,(H,16,17). The molecule has 1 aliphatic carbocycles. The lowest BCUT2D eigenvalue weighted by molar-refractivity contribution is 0.415. The number of aromatic nitrogens is 2. The molecule has 0 atom stereocenters. The zero-order valence-electron chi connectivity index (χ0n) is 11.0. The molecule has 0 aliphatic heterocycles. The van der Waals surface area contributed by atoms with Crippen molar-refractivity contribution in [3.05, 3.63) is 35.1 Å². The fraction of sp³-hybridized carbons (Fsp3) is 0.357. The number of hydrogen-bond donors (Lipinski definition) is 1. The van der Waals surface area contributed by atoms with E-state index in [1.165, 1.54) is 12.8 Å². The smallest absolute Gasteiger partial charge is 0.207 e. The van der Waals surface area contributed by atoms with Gasteiger partial charge in [0.15, 0.2) is 0 Å². The molecule has 0 saturated heterocycles. The van der Waals surface area contributed by atoms with Crippen molar-refractivity contribution in [3.8, 4) is 11.4 Å². The van der Waals surface area contributed by atoms with Crippen LogP contribution >= 0.6 is 11.6 Å². The zero-order valence-corrected chi connectivity index (χ0v) is 11.7. The van der Waals surface area contributed by atoms with Crippen LogP contribution in [0.25, 0.3) is 5.69 Å². The van der Waals surface area contributed by atoms with Gasteiger partial charge in [0.25, 0.3) is 0 Å². The Morgan fingerprint density at radius 3 is 2.84 bits per heavy atom. The number of methoxy groups -OCH3 is 1. The van der Waals surface area contributed by atoms with Gasteiger partial charge in [0.2, 0.25) is 5.95 Å². The van der Waals surface area contributed by atoms with Gasteiger partial charge in [-0.05, 0) is 38.0 Å². The Morgan fingerprint density at radius 2 is 2.21 bits per heavy atom. The van der Waals surface area contributed by atoms with E-state index in [9.17, 15) is 0 Å². The van der Waals surface area contributed by atoms with Crippen LogP contribution < -0.4 is 10.1 Å². The highest BCUT2D eigenvalue weighted by Crippen LogP contribution is 2.30. The molecular weight excluding hydrogens is 262 g/mol. The van der Waals surface area contributed by atoms with Crippen LogP contribution in [0.5, 0.6) is 5.75 Å². The molecule has 0 amide bonds. The second-order valence-electron chi connectivity index (χ2n) is 4.81. The van der Waals surface area contributed by atoms with Gasteiger partial charge in [0.05, 0.1) is 23.5 Å². The summed E-state index contributed by atoms with van der Waals surface area (Å²) < 4.78 is 7.20. The topological polar surface area (TPSA) is 39.1 Å². The normalized spacial score (nSPS) is 14.5. The predicted molar refractivity (Wildman–Crippen MR) is 76.5 cm³/mol. The Bertz CT molecular complexity index is 605. The van der Waals surface area contributed by atoms with Crippen LogP contribution in [0.1, 0.15) is 18.5 Å². The van der Waals surface area contributed by atoms with Crippen molar-refractivity contribution in [1.82, 2.24) is 9.55 Å². The number of hydrogen-bond acceptors (Lipinski definition) is 3. The van der Waals surface area contributed by atoms with E-state index in [0.29, 0.717) is 16.8 Å². The number of aryl methyl sites for hydroxylation is 1. The summed E-state index contributed by atoms with van der Waals surface area (Å²) in [7, 11) is 1.61. The SMILES string of the molecule is COc1ccc(-n2cc(C)nc2NC2CC2)cc1Cl. The van der Waals surface area contributed by atoms with E-state index < -0.39 is 0 Å². The highest BCUT2D eigenvalue weighted by atomic mass is 35.5. The fourth-order valence-corrected chi connectivity index (χ4v) is 2.26. The van der Waals surface area contributed by atoms with Crippen molar-refractivity contribution >= 4 is 17.5 Å². The first-order chi connectivity index (χ1) is 9.17. The molecular formula is C14H16ClN3O. The second kappa shape index (κ2) is 4.78. The highest BCUT2D eigenvalue weighted by Gasteiger charge is 2.23. The Hall–Kier alpha value is -1.68. The number of imidazole rings is 1. The van der Waals surface area contributed by atoms with Crippen LogP contribution in [-0.2, 0) is 0 Å². The first-order valence-corrected chi connectivity index (χ1v) is 6.71. The van der Waals surface area contributed by atoms with E-state index in [0.717, 1.165) is 17.3 Å². The molecule has 100 valence electrons. The number of ether oxygens (including phenoxy) is 1. The molecule has 19 heavy (non-hydrogen) atoms. The molecule has 1 aromatic heterocycles. The van der Waals surface area contributed by atoms with Crippen molar-refractivity contribution in [2.75, 3.05) is 12.4 Å². The van der Waals surface area contributed by atoms with Crippen LogP contribution in [-0.4, -0.2) is 22.7 Å². The third-order valence-electron chi connectivity index (χ3n) is 3.15. The van der Waals surface area contributed by atoms with Gasteiger partial charge in [-0.3, -0.25) is 4.57 Å². The van der Waals surface area contributed by atoms with Crippen molar-refractivity contribution in [2.24, 2.45) is 0 Å². The summed E-state index contributed by atoms with van der Waals surface area (Å²) in [5, 5.41) is 4.03. The second-order valence-corrected chi connectivity index (χ2v) is 5.22. The third kappa shape index (κ3) is 2.54. The van der Waals surface area contributed by atoms with E-state index in [1.807, 2.05) is 35.9 Å². The first kappa shape index (κ1) is 12.4. The Morgan fingerprint density at radius 1 is 1.42 bits per heavy atom. The van der Waals surface area contributed by atoms with Gasteiger partial charge in [0.1, 0.15) is 5.75 Å². The summed E-state index contributed by atoms with van der Waals surface area (Å²) in [6.07, 6.45) is 4.44. The minimum Gasteiger partial charge on any atom is -0.495 e. The van der Waals surface area contributed by atoms with E-state index in [2.05, 4.69) is 10.3 Å². The molecule has 1 fully saturated rings. The van der Waals surface area contributed by atoms with Gasteiger partial charge in [-0.25, -0.2) is 4.98 Å². The number of halogens is 1. The minimum absolute atomic E-state index is 0.564. The molecule has 5 heteroatoms. The Balaban J connectivity index is 1.98. The Labute approximate surface area is 117 Å². The molecule has 0 bridgehead atoms. The fourth-order valence-electron chi connectivity index (χ4n) is 2.01. The third-order valence-corrected chi connectivity index (χ3v) is 3.45. The molecule has 4 nitrogen and oxygen atoms in total. The maximum atomic E-state index is 6.18. The number of benzene rings is 1. The largest absolute Gasteiger partial charge is 0.495 e. The molecule has 1 heterocycles. The molecule has 1 aliphatic rings. The van der Waals surface area contributed by atoms with Crippen molar-refractivity contribution in [3.63, 3.8) is 0 Å². The van der Waals surface area contributed by atoms with Crippen LogP contribution in [0.2, 0.25) is 5.02 Å².